The predicted octanol–water partition coefficient (Wildman–Crippen LogP) is 1.87. The molecule has 2 rings (SSSR count). The molecular formula is C10H16ClNO. The van der Waals surface area contributed by atoms with E-state index in [1.807, 2.05) is 4.90 Å². The Morgan fingerprint density at radius 3 is 2.77 bits per heavy atom. The highest BCUT2D eigenvalue weighted by Crippen LogP contribution is 2.33. The van der Waals surface area contributed by atoms with Gasteiger partial charge in [-0.15, -0.1) is 11.6 Å². The first-order chi connectivity index (χ1) is 6.31. The Labute approximate surface area is 84.2 Å². The monoisotopic (exact) mass is 201 g/mol. The van der Waals surface area contributed by atoms with E-state index in [2.05, 4.69) is 0 Å². The van der Waals surface area contributed by atoms with Gasteiger partial charge in [-0.25, -0.2) is 0 Å². The van der Waals surface area contributed by atoms with Gasteiger partial charge in [0.05, 0.1) is 0 Å². The zero-order chi connectivity index (χ0) is 9.26. The van der Waals surface area contributed by atoms with Crippen LogP contribution in [0.2, 0.25) is 0 Å². The van der Waals surface area contributed by atoms with Crippen LogP contribution in [-0.4, -0.2) is 29.8 Å². The van der Waals surface area contributed by atoms with Crippen molar-refractivity contribution in [3.05, 3.63) is 0 Å². The average molecular weight is 202 g/mol. The smallest absolute Gasteiger partial charge is 0.225 e. The van der Waals surface area contributed by atoms with Crippen molar-refractivity contribution in [2.45, 2.75) is 25.7 Å². The van der Waals surface area contributed by atoms with E-state index in [0.717, 1.165) is 44.7 Å². The minimum absolute atomic E-state index is 0.384. The maximum atomic E-state index is 11.7. The summed E-state index contributed by atoms with van der Waals surface area (Å²) in [6.07, 6.45) is 4.46. The minimum Gasteiger partial charge on any atom is -0.342 e. The molecule has 0 aromatic carbocycles. The molecule has 74 valence electrons. The van der Waals surface area contributed by atoms with E-state index in [-0.39, 0.29) is 0 Å². The summed E-state index contributed by atoms with van der Waals surface area (Å²) in [5, 5.41) is 0. The lowest BCUT2D eigenvalue weighted by molar-refractivity contribution is -0.131. The van der Waals surface area contributed by atoms with Gasteiger partial charge in [-0.05, 0) is 31.6 Å². The summed E-state index contributed by atoms with van der Waals surface area (Å²) in [4.78, 5) is 13.7. The normalized spacial score (nSPS) is 28.1. The lowest BCUT2D eigenvalue weighted by atomic mass is 10.1. The summed E-state index contributed by atoms with van der Waals surface area (Å²) >= 11 is 5.68. The van der Waals surface area contributed by atoms with E-state index in [1.54, 1.807) is 0 Å². The third-order valence-corrected chi connectivity index (χ3v) is 3.26. The van der Waals surface area contributed by atoms with Gasteiger partial charge in [0, 0.05) is 24.9 Å². The molecule has 0 N–H and O–H groups in total. The predicted molar refractivity (Wildman–Crippen MR) is 52.7 cm³/mol. The van der Waals surface area contributed by atoms with E-state index in [9.17, 15) is 4.79 Å². The van der Waals surface area contributed by atoms with Crippen LogP contribution in [0.15, 0.2) is 0 Å². The Morgan fingerprint density at radius 1 is 1.38 bits per heavy atom. The molecule has 1 aliphatic heterocycles. The minimum atomic E-state index is 0.384. The molecule has 1 heterocycles. The zero-order valence-corrected chi connectivity index (χ0v) is 8.59. The summed E-state index contributed by atoms with van der Waals surface area (Å²) in [5.74, 6) is 2.18. The number of halogens is 1. The number of nitrogens with zero attached hydrogens (tertiary/aromatic N) is 1. The van der Waals surface area contributed by atoms with E-state index in [4.69, 9.17) is 11.6 Å². The Hall–Kier alpha value is -0.240. The summed E-state index contributed by atoms with van der Waals surface area (Å²) in [6.45, 7) is 1.93. The Balaban J connectivity index is 1.79. The number of alkyl halides is 1. The first-order valence-corrected chi connectivity index (χ1v) is 5.69. The quantitative estimate of drug-likeness (QED) is 0.639. The number of hydrogen-bond acceptors (Lipinski definition) is 1. The van der Waals surface area contributed by atoms with Crippen molar-refractivity contribution >= 4 is 17.5 Å². The molecule has 1 unspecified atom stereocenters. The lowest BCUT2D eigenvalue weighted by Gasteiger charge is -2.15. The fraction of sp³-hybridized carbons (Fsp3) is 0.900. The number of amides is 1. The highest BCUT2D eigenvalue weighted by atomic mass is 35.5. The van der Waals surface area contributed by atoms with Gasteiger partial charge in [0.15, 0.2) is 0 Å². The maximum absolute atomic E-state index is 11.7. The topological polar surface area (TPSA) is 20.3 Å². The molecule has 0 aromatic rings. The van der Waals surface area contributed by atoms with Crippen molar-refractivity contribution < 1.29 is 4.79 Å². The maximum Gasteiger partial charge on any atom is 0.225 e. The van der Waals surface area contributed by atoms with Gasteiger partial charge in [0.25, 0.3) is 0 Å². The number of hydrogen-bond donors (Lipinski definition) is 0. The van der Waals surface area contributed by atoms with Crippen LogP contribution in [0.4, 0.5) is 0 Å². The lowest BCUT2D eigenvalue weighted by Crippen LogP contribution is -2.29. The summed E-state index contributed by atoms with van der Waals surface area (Å²) in [5.41, 5.74) is 0. The molecule has 1 atom stereocenters. The fourth-order valence-corrected chi connectivity index (χ4v) is 2.32. The molecule has 0 bridgehead atoms. The van der Waals surface area contributed by atoms with Crippen molar-refractivity contribution in [3.63, 3.8) is 0 Å². The van der Waals surface area contributed by atoms with Crippen LogP contribution < -0.4 is 0 Å². The van der Waals surface area contributed by atoms with E-state index >= 15 is 0 Å². The Morgan fingerprint density at radius 2 is 2.15 bits per heavy atom. The van der Waals surface area contributed by atoms with Crippen molar-refractivity contribution in [2.24, 2.45) is 11.8 Å². The van der Waals surface area contributed by atoms with Crippen LogP contribution in [-0.2, 0) is 4.79 Å². The molecule has 1 saturated carbocycles. The van der Waals surface area contributed by atoms with Crippen molar-refractivity contribution in [2.75, 3.05) is 19.0 Å². The van der Waals surface area contributed by atoms with Crippen LogP contribution in [0.1, 0.15) is 25.7 Å². The van der Waals surface area contributed by atoms with Gasteiger partial charge in [0.2, 0.25) is 5.91 Å². The van der Waals surface area contributed by atoms with Crippen LogP contribution in [0.5, 0.6) is 0 Å². The summed E-state index contributed by atoms with van der Waals surface area (Å²) in [6, 6.07) is 0. The third-order valence-electron chi connectivity index (χ3n) is 3.04. The largest absolute Gasteiger partial charge is 0.342 e. The molecule has 3 heteroatoms. The SMILES string of the molecule is O=C(C1CC1)N1CCC(CCCl)C1. The highest BCUT2D eigenvalue weighted by molar-refractivity contribution is 6.17. The molecule has 2 fully saturated rings. The second-order valence-corrected chi connectivity index (χ2v) is 4.57. The molecule has 13 heavy (non-hydrogen) atoms. The molecule has 1 saturated heterocycles. The van der Waals surface area contributed by atoms with Crippen LogP contribution in [0, 0.1) is 11.8 Å². The van der Waals surface area contributed by atoms with Gasteiger partial charge < -0.3 is 4.90 Å². The molecule has 2 nitrogen and oxygen atoms in total. The molecule has 0 radical (unpaired) electrons. The molecule has 0 aromatic heterocycles. The fourth-order valence-electron chi connectivity index (χ4n) is 2.01. The van der Waals surface area contributed by atoms with Crippen LogP contribution >= 0.6 is 11.6 Å². The Kier molecular flexibility index (Phi) is 2.77. The van der Waals surface area contributed by atoms with Gasteiger partial charge in [-0.2, -0.15) is 0 Å². The molecule has 0 spiro atoms. The first-order valence-electron chi connectivity index (χ1n) is 5.16. The van der Waals surface area contributed by atoms with Crippen molar-refractivity contribution in [3.8, 4) is 0 Å². The second-order valence-electron chi connectivity index (χ2n) is 4.19. The molecule has 2 aliphatic rings. The molecular weight excluding hydrogens is 186 g/mol. The van der Waals surface area contributed by atoms with Crippen LogP contribution in [0.3, 0.4) is 0 Å². The molecule has 1 aliphatic carbocycles. The number of carbonyl (C=O) groups is 1. The van der Waals surface area contributed by atoms with Gasteiger partial charge >= 0.3 is 0 Å². The third kappa shape index (κ3) is 2.16. The van der Waals surface area contributed by atoms with Gasteiger partial charge in [-0.3, -0.25) is 4.79 Å². The number of carbonyl (C=O) groups excluding carboxylic acids is 1. The average Bonchev–Trinajstić information content (AvgIpc) is 2.87. The van der Waals surface area contributed by atoms with E-state index in [1.165, 1.54) is 0 Å². The molecule has 1 amide bonds. The first kappa shape index (κ1) is 9.32. The standard InChI is InChI=1S/C10H16ClNO/c11-5-3-8-4-6-12(7-8)10(13)9-1-2-9/h8-9H,1-7H2. The van der Waals surface area contributed by atoms with Crippen molar-refractivity contribution in [1.29, 1.82) is 0 Å². The highest BCUT2D eigenvalue weighted by Gasteiger charge is 2.36. The summed E-state index contributed by atoms with van der Waals surface area (Å²) < 4.78 is 0. The van der Waals surface area contributed by atoms with E-state index in [0.29, 0.717) is 17.7 Å². The van der Waals surface area contributed by atoms with Crippen molar-refractivity contribution in [1.82, 2.24) is 4.90 Å². The van der Waals surface area contributed by atoms with Crippen LogP contribution in [0.25, 0.3) is 0 Å². The van der Waals surface area contributed by atoms with E-state index < -0.39 is 0 Å². The summed E-state index contributed by atoms with van der Waals surface area (Å²) in [7, 11) is 0. The Bertz CT molecular complexity index is 203. The second kappa shape index (κ2) is 3.87. The van der Waals surface area contributed by atoms with Gasteiger partial charge in [0.1, 0.15) is 0 Å². The number of likely N-dealkylation sites (tertiary alicyclic amines) is 1. The zero-order valence-electron chi connectivity index (χ0n) is 7.84. The van der Waals surface area contributed by atoms with Gasteiger partial charge in [-0.1, -0.05) is 0 Å². The number of rotatable bonds is 3.